The van der Waals surface area contributed by atoms with Crippen molar-refractivity contribution in [3.63, 3.8) is 0 Å². The molecule has 0 atom stereocenters. The number of morpholine rings is 1. The van der Waals surface area contributed by atoms with Crippen molar-refractivity contribution in [2.75, 3.05) is 44.9 Å². The first kappa shape index (κ1) is 19.6. The number of likely N-dealkylation sites (N-methyl/N-ethyl adjacent to an activating group) is 1. The van der Waals surface area contributed by atoms with E-state index >= 15 is 0 Å². The first-order chi connectivity index (χ1) is 13.0. The Labute approximate surface area is 166 Å². The minimum Gasteiger partial charge on any atom is -0.481 e. The number of carbonyl (C=O) groups is 1. The summed E-state index contributed by atoms with van der Waals surface area (Å²) in [4.78, 5) is 16.3. The predicted molar refractivity (Wildman–Crippen MR) is 106 cm³/mol. The average Bonchev–Trinajstić information content (AvgIpc) is 2.68. The molecule has 1 fully saturated rings. The number of carbonyl (C=O) groups excluding carboxylic acids is 1. The first-order valence-electron chi connectivity index (χ1n) is 8.77. The predicted octanol–water partition coefficient (Wildman–Crippen LogP) is 3.46. The van der Waals surface area contributed by atoms with Crippen LogP contribution in [0.3, 0.4) is 0 Å². The van der Waals surface area contributed by atoms with E-state index in [1.165, 1.54) is 12.1 Å². The summed E-state index contributed by atoms with van der Waals surface area (Å²) in [7, 11) is 1.72. The van der Waals surface area contributed by atoms with Crippen LogP contribution >= 0.6 is 15.9 Å². The van der Waals surface area contributed by atoms with Gasteiger partial charge in [-0.05, 0) is 29.8 Å². The normalized spacial score (nSPS) is 14.1. The van der Waals surface area contributed by atoms with Crippen LogP contribution in [0.2, 0.25) is 0 Å². The molecule has 1 amide bonds. The molecule has 27 heavy (non-hydrogen) atoms. The van der Waals surface area contributed by atoms with E-state index in [1.54, 1.807) is 18.0 Å². The number of anilines is 1. The molecule has 2 aromatic carbocycles. The summed E-state index contributed by atoms with van der Waals surface area (Å²) >= 11 is 3.19. The molecule has 5 nitrogen and oxygen atoms in total. The zero-order chi connectivity index (χ0) is 19.2. The quantitative estimate of drug-likeness (QED) is 0.695. The van der Waals surface area contributed by atoms with Crippen molar-refractivity contribution in [3.8, 4) is 5.75 Å². The van der Waals surface area contributed by atoms with Crippen molar-refractivity contribution in [1.29, 1.82) is 0 Å². The van der Waals surface area contributed by atoms with E-state index in [-0.39, 0.29) is 18.3 Å². The van der Waals surface area contributed by atoms with E-state index < -0.39 is 5.82 Å². The van der Waals surface area contributed by atoms with Crippen LogP contribution in [-0.4, -0.2) is 50.8 Å². The molecule has 1 saturated heterocycles. The lowest BCUT2D eigenvalue weighted by molar-refractivity contribution is -0.132. The lowest BCUT2D eigenvalue weighted by atomic mass is 10.1. The summed E-state index contributed by atoms with van der Waals surface area (Å²) in [6.45, 7) is 3.32. The largest absolute Gasteiger partial charge is 0.481 e. The highest BCUT2D eigenvalue weighted by Crippen LogP contribution is 2.23. The summed E-state index contributed by atoms with van der Waals surface area (Å²) in [6.07, 6.45) is 0. The molecule has 0 aromatic heterocycles. The van der Waals surface area contributed by atoms with Crippen molar-refractivity contribution in [1.82, 2.24) is 4.90 Å². The van der Waals surface area contributed by atoms with E-state index in [2.05, 4.69) is 26.9 Å². The van der Waals surface area contributed by atoms with E-state index in [0.29, 0.717) is 24.2 Å². The van der Waals surface area contributed by atoms with Crippen molar-refractivity contribution < 1.29 is 18.7 Å². The van der Waals surface area contributed by atoms with Gasteiger partial charge in [0.15, 0.2) is 18.2 Å². The molecule has 0 spiro atoms. The molecule has 0 radical (unpaired) electrons. The van der Waals surface area contributed by atoms with Gasteiger partial charge in [0.1, 0.15) is 0 Å². The fraction of sp³-hybridized carbons (Fsp3) is 0.350. The minimum atomic E-state index is -0.502. The van der Waals surface area contributed by atoms with Gasteiger partial charge in [-0.1, -0.05) is 34.1 Å². The first-order valence-corrected chi connectivity index (χ1v) is 9.56. The highest BCUT2D eigenvalue weighted by molar-refractivity contribution is 9.10. The zero-order valence-corrected chi connectivity index (χ0v) is 16.7. The van der Waals surface area contributed by atoms with Gasteiger partial charge in [0, 0.05) is 36.8 Å². The third-order valence-electron chi connectivity index (χ3n) is 4.42. The van der Waals surface area contributed by atoms with Crippen LogP contribution in [0.5, 0.6) is 5.75 Å². The minimum absolute atomic E-state index is 0.0636. The maximum absolute atomic E-state index is 13.8. The lowest BCUT2D eigenvalue weighted by Gasteiger charge is -2.31. The Balaban J connectivity index is 1.61. The molecule has 0 saturated carbocycles. The third-order valence-corrected chi connectivity index (χ3v) is 4.91. The second-order valence-corrected chi connectivity index (χ2v) is 7.26. The van der Waals surface area contributed by atoms with Crippen LogP contribution < -0.4 is 9.64 Å². The molecule has 144 valence electrons. The Hall–Kier alpha value is -2.12. The molecular formula is C20H22BrFN2O3. The molecule has 2 aromatic rings. The molecule has 0 bridgehead atoms. The fourth-order valence-corrected chi connectivity index (χ4v) is 3.28. The molecule has 3 rings (SSSR count). The van der Waals surface area contributed by atoms with Crippen LogP contribution in [0.25, 0.3) is 0 Å². The van der Waals surface area contributed by atoms with E-state index in [0.717, 1.165) is 24.3 Å². The number of ether oxygens (including phenoxy) is 2. The number of rotatable bonds is 6. The zero-order valence-electron chi connectivity index (χ0n) is 15.2. The molecule has 7 heteroatoms. The van der Waals surface area contributed by atoms with Gasteiger partial charge in [0.05, 0.1) is 13.2 Å². The maximum atomic E-state index is 13.8. The molecule has 0 aliphatic carbocycles. The molecule has 1 heterocycles. The SMILES string of the molecule is CN(Cc1ccccc1N1CCOCC1)C(=O)COc1ccc(Br)cc1F. The number of halogens is 2. The number of hydrogen-bond donors (Lipinski definition) is 0. The van der Waals surface area contributed by atoms with Gasteiger partial charge in [-0.15, -0.1) is 0 Å². The van der Waals surface area contributed by atoms with Crippen LogP contribution in [0.1, 0.15) is 5.56 Å². The van der Waals surface area contributed by atoms with E-state index in [1.807, 2.05) is 18.2 Å². The molecule has 1 aliphatic rings. The monoisotopic (exact) mass is 436 g/mol. The van der Waals surface area contributed by atoms with E-state index in [4.69, 9.17) is 9.47 Å². The van der Waals surface area contributed by atoms with Gasteiger partial charge < -0.3 is 19.3 Å². The number of benzene rings is 2. The van der Waals surface area contributed by atoms with Crippen LogP contribution in [0.4, 0.5) is 10.1 Å². The Bertz CT molecular complexity index is 797. The second kappa shape index (κ2) is 9.19. The Morgan fingerprint density at radius 1 is 1.26 bits per heavy atom. The Kier molecular flexibility index (Phi) is 6.68. The molecule has 1 aliphatic heterocycles. The number of nitrogens with zero attached hydrogens (tertiary/aromatic N) is 2. The van der Waals surface area contributed by atoms with Crippen molar-refractivity contribution in [2.24, 2.45) is 0 Å². The Morgan fingerprint density at radius 3 is 2.74 bits per heavy atom. The third kappa shape index (κ3) is 5.20. The van der Waals surface area contributed by atoms with Gasteiger partial charge in [-0.25, -0.2) is 4.39 Å². The van der Waals surface area contributed by atoms with Gasteiger partial charge in [-0.3, -0.25) is 4.79 Å². The Morgan fingerprint density at radius 2 is 2.00 bits per heavy atom. The summed E-state index contributed by atoms with van der Waals surface area (Å²) in [6, 6.07) is 12.5. The smallest absolute Gasteiger partial charge is 0.260 e. The topological polar surface area (TPSA) is 42.0 Å². The standard InChI is InChI=1S/C20H22BrFN2O3/c1-23(20(25)14-27-19-7-6-16(21)12-17(19)22)13-15-4-2-3-5-18(15)24-8-10-26-11-9-24/h2-7,12H,8-11,13-14H2,1H3. The average molecular weight is 437 g/mol. The number of hydrogen-bond acceptors (Lipinski definition) is 4. The van der Waals surface area contributed by atoms with Crippen LogP contribution in [0, 0.1) is 5.82 Å². The van der Waals surface area contributed by atoms with E-state index in [9.17, 15) is 9.18 Å². The lowest BCUT2D eigenvalue weighted by Crippen LogP contribution is -2.37. The summed E-state index contributed by atoms with van der Waals surface area (Å²) in [5, 5.41) is 0. The maximum Gasteiger partial charge on any atom is 0.260 e. The molecule has 0 unspecified atom stereocenters. The van der Waals surface area contributed by atoms with Crippen molar-refractivity contribution >= 4 is 27.5 Å². The fourth-order valence-electron chi connectivity index (χ4n) is 2.94. The van der Waals surface area contributed by atoms with Gasteiger partial charge in [0.25, 0.3) is 5.91 Å². The number of para-hydroxylation sites is 1. The van der Waals surface area contributed by atoms with Gasteiger partial charge >= 0.3 is 0 Å². The van der Waals surface area contributed by atoms with Crippen LogP contribution in [-0.2, 0) is 16.1 Å². The molecular weight excluding hydrogens is 415 g/mol. The van der Waals surface area contributed by atoms with Crippen molar-refractivity contribution in [2.45, 2.75) is 6.54 Å². The van der Waals surface area contributed by atoms with Crippen molar-refractivity contribution in [3.05, 3.63) is 58.3 Å². The summed E-state index contributed by atoms with van der Waals surface area (Å²) in [5.74, 6) is -0.653. The highest BCUT2D eigenvalue weighted by atomic mass is 79.9. The van der Waals surface area contributed by atoms with Crippen LogP contribution in [0.15, 0.2) is 46.9 Å². The number of amides is 1. The summed E-state index contributed by atoms with van der Waals surface area (Å²) in [5.41, 5.74) is 2.17. The van der Waals surface area contributed by atoms with Gasteiger partial charge in [-0.2, -0.15) is 0 Å². The summed E-state index contributed by atoms with van der Waals surface area (Å²) < 4.78 is 25.2. The van der Waals surface area contributed by atoms with Gasteiger partial charge in [0.2, 0.25) is 0 Å². The highest BCUT2D eigenvalue weighted by Gasteiger charge is 2.17. The second-order valence-electron chi connectivity index (χ2n) is 6.34. The molecule has 0 N–H and O–H groups in total.